The van der Waals surface area contributed by atoms with Crippen molar-refractivity contribution in [3.8, 4) is 0 Å². The molecule has 0 aromatic heterocycles. The van der Waals surface area contributed by atoms with Crippen molar-refractivity contribution in [1.29, 1.82) is 0 Å². The van der Waals surface area contributed by atoms with E-state index in [0.29, 0.717) is 0 Å². The highest BCUT2D eigenvalue weighted by Crippen LogP contribution is 2.31. The molecule has 2 nitrogen and oxygen atoms in total. The van der Waals surface area contributed by atoms with Crippen LogP contribution in [0.25, 0.3) is 0 Å². The van der Waals surface area contributed by atoms with Gasteiger partial charge in [0.05, 0.1) is 5.69 Å². The quantitative estimate of drug-likeness (QED) is 0.581. The SMILES string of the molecule is C1=CN2CCc3cccc(c32)C=N1. The molecule has 0 saturated heterocycles. The van der Waals surface area contributed by atoms with Crippen molar-refractivity contribution in [3.05, 3.63) is 41.7 Å². The van der Waals surface area contributed by atoms with Crippen LogP contribution in [0, 0.1) is 0 Å². The minimum Gasteiger partial charge on any atom is -0.345 e. The Bertz CT molecular complexity index is 405. The van der Waals surface area contributed by atoms with E-state index in [1.54, 1.807) is 0 Å². The van der Waals surface area contributed by atoms with Crippen molar-refractivity contribution in [2.24, 2.45) is 4.99 Å². The molecule has 64 valence electrons. The van der Waals surface area contributed by atoms with Gasteiger partial charge in [-0.15, -0.1) is 0 Å². The number of benzene rings is 1. The van der Waals surface area contributed by atoms with Crippen LogP contribution in [0.3, 0.4) is 0 Å². The molecule has 2 aliphatic heterocycles. The molecule has 0 atom stereocenters. The van der Waals surface area contributed by atoms with Gasteiger partial charge in [0.15, 0.2) is 0 Å². The summed E-state index contributed by atoms with van der Waals surface area (Å²) in [5.74, 6) is 0. The molecule has 2 heterocycles. The molecule has 0 radical (unpaired) electrons. The second kappa shape index (κ2) is 2.46. The third kappa shape index (κ3) is 0.917. The lowest BCUT2D eigenvalue weighted by molar-refractivity contribution is 0.991. The van der Waals surface area contributed by atoms with Gasteiger partial charge in [0.25, 0.3) is 0 Å². The third-order valence-corrected chi connectivity index (χ3v) is 2.61. The van der Waals surface area contributed by atoms with Crippen molar-refractivity contribution in [2.75, 3.05) is 11.4 Å². The van der Waals surface area contributed by atoms with Crippen LogP contribution < -0.4 is 4.90 Å². The van der Waals surface area contributed by atoms with Crippen LogP contribution in [-0.2, 0) is 6.42 Å². The maximum absolute atomic E-state index is 4.19. The van der Waals surface area contributed by atoms with E-state index in [2.05, 4.69) is 34.3 Å². The van der Waals surface area contributed by atoms with Crippen LogP contribution in [0.1, 0.15) is 11.1 Å². The maximum Gasteiger partial charge on any atom is 0.0529 e. The molecule has 1 aromatic carbocycles. The summed E-state index contributed by atoms with van der Waals surface area (Å²) < 4.78 is 0. The molecule has 13 heavy (non-hydrogen) atoms. The molecular weight excluding hydrogens is 160 g/mol. The topological polar surface area (TPSA) is 15.6 Å². The third-order valence-electron chi connectivity index (χ3n) is 2.61. The van der Waals surface area contributed by atoms with Crippen LogP contribution in [-0.4, -0.2) is 12.8 Å². The number of para-hydroxylation sites is 1. The summed E-state index contributed by atoms with van der Waals surface area (Å²) in [6.45, 7) is 1.09. The number of rotatable bonds is 0. The Labute approximate surface area is 77.2 Å². The molecule has 0 bridgehead atoms. The molecule has 0 spiro atoms. The Hall–Kier alpha value is -1.57. The molecule has 2 aliphatic rings. The Morgan fingerprint density at radius 3 is 3.31 bits per heavy atom. The normalized spacial score (nSPS) is 17.4. The lowest BCUT2D eigenvalue weighted by Crippen LogP contribution is -2.12. The first-order chi connectivity index (χ1) is 6.45. The van der Waals surface area contributed by atoms with E-state index in [0.717, 1.165) is 13.0 Å². The number of aliphatic imine (C=N–C) groups is 1. The average molecular weight is 170 g/mol. The summed E-state index contributed by atoms with van der Waals surface area (Å²) in [7, 11) is 0. The van der Waals surface area contributed by atoms with Crippen molar-refractivity contribution >= 4 is 11.9 Å². The van der Waals surface area contributed by atoms with Gasteiger partial charge >= 0.3 is 0 Å². The van der Waals surface area contributed by atoms with Crippen LogP contribution in [0.15, 0.2) is 35.6 Å². The van der Waals surface area contributed by atoms with E-state index in [1.807, 2.05) is 12.4 Å². The Morgan fingerprint density at radius 2 is 2.31 bits per heavy atom. The zero-order valence-electron chi connectivity index (χ0n) is 7.27. The monoisotopic (exact) mass is 170 g/mol. The predicted octanol–water partition coefficient (Wildman–Crippen LogP) is 1.95. The van der Waals surface area contributed by atoms with Gasteiger partial charge in [0.2, 0.25) is 0 Å². The molecule has 0 amide bonds. The van der Waals surface area contributed by atoms with Gasteiger partial charge < -0.3 is 4.90 Å². The molecule has 3 rings (SSSR count). The second-order valence-electron chi connectivity index (χ2n) is 3.37. The highest BCUT2D eigenvalue weighted by Gasteiger charge is 2.20. The van der Waals surface area contributed by atoms with Gasteiger partial charge in [-0.25, -0.2) is 0 Å². The molecule has 0 N–H and O–H groups in total. The largest absolute Gasteiger partial charge is 0.345 e. The molecule has 0 saturated carbocycles. The van der Waals surface area contributed by atoms with E-state index in [1.165, 1.54) is 16.8 Å². The van der Waals surface area contributed by atoms with Crippen molar-refractivity contribution in [2.45, 2.75) is 6.42 Å². The summed E-state index contributed by atoms with van der Waals surface area (Å²) in [6, 6.07) is 6.43. The highest BCUT2D eigenvalue weighted by molar-refractivity contribution is 5.91. The minimum atomic E-state index is 1.09. The van der Waals surface area contributed by atoms with E-state index in [4.69, 9.17) is 0 Å². The lowest BCUT2D eigenvalue weighted by atomic mass is 10.1. The van der Waals surface area contributed by atoms with E-state index < -0.39 is 0 Å². The van der Waals surface area contributed by atoms with Gasteiger partial charge in [-0.05, 0) is 12.0 Å². The molecular formula is C11H10N2. The minimum absolute atomic E-state index is 1.09. The van der Waals surface area contributed by atoms with Crippen LogP contribution >= 0.6 is 0 Å². The van der Waals surface area contributed by atoms with Gasteiger partial charge in [0, 0.05) is 30.7 Å². The summed E-state index contributed by atoms with van der Waals surface area (Å²) in [5.41, 5.74) is 4.02. The first kappa shape index (κ1) is 6.89. The van der Waals surface area contributed by atoms with Gasteiger partial charge in [0.1, 0.15) is 0 Å². The maximum atomic E-state index is 4.19. The smallest absolute Gasteiger partial charge is 0.0529 e. The van der Waals surface area contributed by atoms with Crippen molar-refractivity contribution in [3.63, 3.8) is 0 Å². The Morgan fingerprint density at radius 1 is 1.31 bits per heavy atom. The zero-order chi connectivity index (χ0) is 8.67. The van der Waals surface area contributed by atoms with E-state index in [-0.39, 0.29) is 0 Å². The van der Waals surface area contributed by atoms with E-state index in [9.17, 15) is 0 Å². The molecule has 0 aliphatic carbocycles. The lowest BCUT2D eigenvalue weighted by Gasteiger charge is -2.13. The Balaban J connectivity index is 2.30. The van der Waals surface area contributed by atoms with Crippen molar-refractivity contribution < 1.29 is 0 Å². The van der Waals surface area contributed by atoms with Crippen LogP contribution in [0.5, 0.6) is 0 Å². The highest BCUT2D eigenvalue weighted by atomic mass is 15.1. The summed E-state index contributed by atoms with van der Waals surface area (Å²) >= 11 is 0. The van der Waals surface area contributed by atoms with Gasteiger partial charge in [-0.3, -0.25) is 4.99 Å². The number of hydrogen-bond acceptors (Lipinski definition) is 2. The van der Waals surface area contributed by atoms with Crippen LogP contribution in [0.4, 0.5) is 5.69 Å². The van der Waals surface area contributed by atoms with E-state index >= 15 is 0 Å². The van der Waals surface area contributed by atoms with Gasteiger partial charge in [-0.2, -0.15) is 0 Å². The molecule has 1 aromatic rings. The first-order valence-corrected chi connectivity index (χ1v) is 4.53. The first-order valence-electron chi connectivity index (χ1n) is 4.53. The number of anilines is 1. The number of hydrogen-bond donors (Lipinski definition) is 0. The molecule has 2 heteroatoms. The fourth-order valence-corrected chi connectivity index (χ4v) is 2.01. The number of nitrogens with zero attached hydrogens (tertiary/aromatic N) is 2. The standard InChI is InChI=1S/C11H10N2/c1-2-9-4-6-13-7-5-12-8-10(3-1)11(9)13/h1-3,5,7-8H,4,6H2. The fraction of sp³-hybridized carbons (Fsp3) is 0.182. The molecule has 0 unspecified atom stereocenters. The average Bonchev–Trinajstić information content (AvgIpc) is 2.44. The molecule has 0 fully saturated rings. The van der Waals surface area contributed by atoms with Crippen LogP contribution in [0.2, 0.25) is 0 Å². The van der Waals surface area contributed by atoms with Crippen molar-refractivity contribution in [1.82, 2.24) is 0 Å². The summed E-state index contributed by atoms with van der Waals surface area (Å²) in [5, 5.41) is 0. The zero-order valence-corrected chi connectivity index (χ0v) is 7.27. The fourth-order valence-electron chi connectivity index (χ4n) is 2.01. The summed E-state index contributed by atoms with van der Waals surface area (Å²) in [6.07, 6.45) is 7.00. The second-order valence-corrected chi connectivity index (χ2v) is 3.37. The van der Waals surface area contributed by atoms with Gasteiger partial charge in [-0.1, -0.05) is 18.2 Å². The summed E-state index contributed by atoms with van der Waals surface area (Å²) in [4.78, 5) is 6.47. The Kier molecular flexibility index (Phi) is 1.30. The predicted molar refractivity (Wildman–Crippen MR) is 54.2 cm³/mol.